The average molecular weight is 445 g/mol. The predicted octanol–water partition coefficient (Wildman–Crippen LogP) is 5.10. The number of hydrogen-bond donors (Lipinski definition) is 0. The van der Waals surface area contributed by atoms with Crippen LogP contribution < -0.4 is 9.80 Å². The fourth-order valence-electron chi connectivity index (χ4n) is 4.54. The second-order valence-electron chi connectivity index (χ2n) is 8.53. The van der Waals surface area contributed by atoms with Crippen LogP contribution in [-0.4, -0.2) is 31.5 Å². The lowest BCUT2D eigenvalue weighted by Gasteiger charge is -2.22. The predicted molar refractivity (Wildman–Crippen MR) is 117 cm³/mol. The number of amides is 1. The van der Waals surface area contributed by atoms with Gasteiger partial charge in [-0.3, -0.25) is 4.79 Å². The van der Waals surface area contributed by atoms with Crippen molar-refractivity contribution in [1.29, 1.82) is 5.26 Å². The van der Waals surface area contributed by atoms with E-state index in [1.54, 1.807) is 18.0 Å². The molecule has 2 aliphatic rings. The standard InChI is InChI=1S/C15H16F3N3.C9H11NO/c1-9-5-13(15(16,17)18)12(6-19)14(20-9)21-7-10-3-2-4-11(10)8-21;1-8-4-3-5-9(6-8)10(2)7-11/h5,10-11H,2-4,7-8H2,1H3;3-7H,1-2H3. The molecule has 0 radical (unpaired) electrons. The van der Waals surface area contributed by atoms with Gasteiger partial charge in [-0.2, -0.15) is 18.4 Å². The molecule has 1 amide bonds. The number of hydrogen-bond acceptors (Lipinski definition) is 4. The van der Waals surface area contributed by atoms with Crippen molar-refractivity contribution in [1.82, 2.24) is 4.98 Å². The summed E-state index contributed by atoms with van der Waals surface area (Å²) in [5.41, 5.74) is 1.18. The molecule has 1 aliphatic heterocycles. The van der Waals surface area contributed by atoms with Crippen LogP contribution >= 0.6 is 0 Å². The van der Waals surface area contributed by atoms with Crippen molar-refractivity contribution in [2.24, 2.45) is 11.8 Å². The van der Waals surface area contributed by atoms with Crippen molar-refractivity contribution in [3.8, 4) is 6.07 Å². The highest BCUT2D eigenvalue weighted by Crippen LogP contribution is 2.42. The van der Waals surface area contributed by atoms with Crippen LogP contribution in [0.25, 0.3) is 0 Å². The molecule has 32 heavy (non-hydrogen) atoms. The molecule has 0 bridgehead atoms. The zero-order valence-electron chi connectivity index (χ0n) is 18.5. The molecule has 0 N–H and O–H groups in total. The minimum atomic E-state index is -4.52. The number of benzene rings is 1. The Balaban J connectivity index is 0.000000222. The van der Waals surface area contributed by atoms with E-state index in [1.165, 1.54) is 13.3 Å². The van der Waals surface area contributed by atoms with Gasteiger partial charge >= 0.3 is 6.18 Å². The van der Waals surface area contributed by atoms with E-state index >= 15 is 0 Å². The van der Waals surface area contributed by atoms with E-state index in [4.69, 9.17) is 0 Å². The Labute approximate surface area is 186 Å². The fourth-order valence-corrected chi connectivity index (χ4v) is 4.54. The van der Waals surface area contributed by atoms with Crippen LogP contribution in [0.1, 0.15) is 41.6 Å². The van der Waals surface area contributed by atoms with Crippen molar-refractivity contribution in [2.75, 3.05) is 29.9 Å². The van der Waals surface area contributed by atoms with Crippen LogP contribution in [-0.2, 0) is 11.0 Å². The van der Waals surface area contributed by atoms with E-state index in [2.05, 4.69) is 4.98 Å². The Kier molecular flexibility index (Phi) is 7.07. The first kappa shape index (κ1) is 23.6. The van der Waals surface area contributed by atoms with Gasteiger partial charge in [-0.25, -0.2) is 4.98 Å². The third kappa shape index (κ3) is 5.21. The van der Waals surface area contributed by atoms with E-state index in [0.717, 1.165) is 36.6 Å². The van der Waals surface area contributed by atoms with E-state index in [9.17, 15) is 23.2 Å². The summed E-state index contributed by atoms with van der Waals surface area (Å²) in [6.07, 6.45) is -0.275. The van der Waals surface area contributed by atoms with Gasteiger partial charge in [-0.15, -0.1) is 0 Å². The Bertz CT molecular complexity index is 1000. The van der Waals surface area contributed by atoms with Crippen LogP contribution in [0, 0.1) is 37.0 Å². The summed E-state index contributed by atoms with van der Waals surface area (Å²) < 4.78 is 39.3. The summed E-state index contributed by atoms with van der Waals surface area (Å²) in [5.74, 6) is 1.28. The van der Waals surface area contributed by atoms with Gasteiger partial charge in [0, 0.05) is 31.5 Å². The number of nitriles is 1. The Hall–Kier alpha value is -3.08. The molecule has 1 saturated carbocycles. The normalized spacial score (nSPS) is 19.6. The maximum atomic E-state index is 13.1. The summed E-state index contributed by atoms with van der Waals surface area (Å²) in [4.78, 5) is 18.0. The molecule has 2 heterocycles. The largest absolute Gasteiger partial charge is 0.417 e. The molecule has 1 aliphatic carbocycles. The Morgan fingerprint density at radius 2 is 1.84 bits per heavy atom. The summed E-state index contributed by atoms with van der Waals surface area (Å²) >= 11 is 0. The number of aryl methyl sites for hydroxylation is 2. The molecular weight excluding hydrogens is 417 g/mol. The number of aromatic nitrogens is 1. The number of nitrogens with zero attached hydrogens (tertiary/aromatic N) is 4. The number of fused-ring (bicyclic) bond motifs is 1. The van der Waals surface area contributed by atoms with Crippen LogP contribution in [0.3, 0.4) is 0 Å². The van der Waals surface area contributed by atoms with Gasteiger partial charge in [-0.05, 0) is 62.3 Å². The molecule has 1 saturated heterocycles. The monoisotopic (exact) mass is 444 g/mol. The van der Waals surface area contributed by atoms with Crippen molar-refractivity contribution < 1.29 is 18.0 Å². The zero-order chi connectivity index (χ0) is 23.5. The van der Waals surface area contributed by atoms with Gasteiger partial charge in [0.2, 0.25) is 6.41 Å². The lowest BCUT2D eigenvalue weighted by atomic mass is 10.0. The van der Waals surface area contributed by atoms with Crippen molar-refractivity contribution in [3.63, 3.8) is 0 Å². The van der Waals surface area contributed by atoms with Crippen molar-refractivity contribution >= 4 is 17.9 Å². The number of pyridine rings is 1. The molecule has 170 valence electrons. The minimum absolute atomic E-state index is 0.208. The summed E-state index contributed by atoms with van der Waals surface area (Å²) in [6.45, 7) is 4.97. The van der Waals surface area contributed by atoms with Gasteiger partial charge in [0.15, 0.2) is 0 Å². The number of rotatable bonds is 3. The number of alkyl halides is 3. The maximum Gasteiger partial charge on any atom is 0.417 e. The maximum absolute atomic E-state index is 13.1. The summed E-state index contributed by atoms with van der Waals surface area (Å²) in [5, 5.41) is 9.20. The van der Waals surface area contributed by atoms with Crippen molar-refractivity contribution in [2.45, 2.75) is 39.3 Å². The Morgan fingerprint density at radius 1 is 1.19 bits per heavy atom. The second kappa shape index (κ2) is 9.60. The topological polar surface area (TPSA) is 60.2 Å². The number of carbonyl (C=O) groups is 1. The van der Waals surface area contributed by atoms with Gasteiger partial charge in [-0.1, -0.05) is 18.6 Å². The number of anilines is 2. The van der Waals surface area contributed by atoms with Gasteiger partial charge in [0.25, 0.3) is 0 Å². The second-order valence-corrected chi connectivity index (χ2v) is 8.53. The zero-order valence-corrected chi connectivity index (χ0v) is 18.5. The quantitative estimate of drug-likeness (QED) is 0.618. The van der Waals surface area contributed by atoms with Crippen LogP contribution in [0.5, 0.6) is 0 Å². The fraction of sp³-hybridized carbons (Fsp3) is 0.458. The van der Waals surface area contributed by atoms with Crippen LogP contribution in [0.4, 0.5) is 24.7 Å². The lowest BCUT2D eigenvalue weighted by molar-refractivity contribution is -0.137. The molecular formula is C24H27F3N4O. The van der Waals surface area contributed by atoms with Crippen molar-refractivity contribution in [3.05, 3.63) is 52.7 Å². The molecule has 2 unspecified atom stereocenters. The first-order valence-electron chi connectivity index (χ1n) is 10.6. The minimum Gasteiger partial charge on any atom is -0.355 e. The van der Waals surface area contributed by atoms with Gasteiger partial charge < -0.3 is 9.80 Å². The molecule has 2 fully saturated rings. The van der Waals surface area contributed by atoms with Gasteiger partial charge in [0.05, 0.1) is 5.56 Å². The first-order chi connectivity index (χ1) is 15.1. The molecule has 1 aromatic carbocycles. The third-order valence-electron chi connectivity index (χ3n) is 6.14. The number of carbonyl (C=O) groups excluding carboxylic acids is 1. The summed E-state index contributed by atoms with van der Waals surface area (Å²) in [6, 6.07) is 10.5. The van der Waals surface area contributed by atoms with Crippen LogP contribution in [0.2, 0.25) is 0 Å². The Morgan fingerprint density at radius 3 is 2.38 bits per heavy atom. The molecule has 1 aromatic heterocycles. The van der Waals surface area contributed by atoms with Gasteiger partial charge in [0.1, 0.15) is 17.5 Å². The molecule has 8 heteroatoms. The number of halogens is 3. The smallest absolute Gasteiger partial charge is 0.355 e. The first-order valence-corrected chi connectivity index (χ1v) is 10.6. The molecule has 0 spiro atoms. The highest BCUT2D eigenvalue weighted by molar-refractivity contribution is 5.74. The molecule has 2 atom stereocenters. The van der Waals surface area contributed by atoms with E-state index in [0.29, 0.717) is 30.6 Å². The van der Waals surface area contributed by atoms with E-state index in [1.807, 2.05) is 36.1 Å². The van der Waals surface area contributed by atoms with E-state index < -0.39 is 11.7 Å². The summed E-state index contributed by atoms with van der Waals surface area (Å²) in [7, 11) is 1.74. The average Bonchev–Trinajstić information content (AvgIpc) is 3.34. The third-order valence-corrected chi connectivity index (χ3v) is 6.14. The highest BCUT2D eigenvalue weighted by atomic mass is 19.4. The highest BCUT2D eigenvalue weighted by Gasteiger charge is 2.40. The molecule has 5 nitrogen and oxygen atoms in total. The van der Waals surface area contributed by atoms with E-state index in [-0.39, 0.29) is 11.4 Å². The van der Waals surface area contributed by atoms with Crippen LogP contribution in [0.15, 0.2) is 30.3 Å². The lowest BCUT2D eigenvalue weighted by Crippen LogP contribution is -2.25. The SMILES string of the molecule is Cc1cc(C(F)(F)F)c(C#N)c(N2CC3CCCC3C2)n1.Cc1cccc(N(C)C=O)c1. The molecule has 4 rings (SSSR count). The molecule has 2 aromatic rings.